The lowest BCUT2D eigenvalue weighted by molar-refractivity contribution is 0.102. The van der Waals surface area contributed by atoms with E-state index in [1.54, 1.807) is 0 Å². The number of benzene rings is 2. The van der Waals surface area contributed by atoms with E-state index in [9.17, 15) is 4.79 Å². The summed E-state index contributed by atoms with van der Waals surface area (Å²) in [6.07, 6.45) is 0. The number of nitrogens with zero attached hydrogens (tertiary/aromatic N) is 2. The molecule has 0 saturated carbocycles. The summed E-state index contributed by atoms with van der Waals surface area (Å²) in [5, 5.41) is 12.4. The van der Waals surface area contributed by atoms with Crippen LogP contribution in [0, 0.1) is 13.8 Å². The van der Waals surface area contributed by atoms with E-state index in [2.05, 4.69) is 41.5 Å². The first kappa shape index (κ1) is 16.7. The van der Waals surface area contributed by atoms with Gasteiger partial charge in [0.1, 0.15) is 0 Å². The van der Waals surface area contributed by atoms with Crippen LogP contribution in [0.15, 0.2) is 52.9 Å². The minimum Gasteiger partial charge on any atom is -0.330 e. The molecule has 0 aliphatic rings. The number of nitrogens with one attached hydrogen (secondary N) is 1. The zero-order valence-corrected chi connectivity index (χ0v) is 15.1. The smallest absolute Gasteiger partial charge is 0.210 e. The first-order valence-corrected chi connectivity index (χ1v) is 9.31. The van der Waals surface area contributed by atoms with Crippen LogP contribution in [0.25, 0.3) is 0 Å². The van der Waals surface area contributed by atoms with Gasteiger partial charge in [0.05, 0.1) is 5.75 Å². The zero-order valence-electron chi connectivity index (χ0n) is 13.4. The third kappa shape index (κ3) is 4.01. The summed E-state index contributed by atoms with van der Waals surface area (Å²) < 4.78 is 0.785. The van der Waals surface area contributed by atoms with Crippen LogP contribution in [0.1, 0.15) is 21.5 Å². The van der Waals surface area contributed by atoms with E-state index < -0.39 is 0 Å². The Bertz CT molecular complexity index is 826. The highest BCUT2D eigenvalue weighted by Crippen LogP contribution is 2.30. The van der Waals surface area contributed by atoms with Gasteiger partial charge in [0.15, 0.2) is 10.1 Å². The van der Waals surface area contributed by atoms with Gasteiger partial charge in [0.25, 0.3) is 0 Å². The molecular formula is C18H17N3OS2. The fraction of sp³-hybridized carbons (Fsp3) is 0.167. The molecule has 24 heavy (non-hydrogen) atoms. The number of para-hydroxylation sites is 1. The fourth-order valence-electron chi connectivity index (χ4n) is 2.27. The van der Waals surface area contributed by atoms with Crippen molar-refractivity contribution in [2.75, 3.05) is 11.1 Å². The predicted molar refractivity (Wildman–Crippen MR) is 101 cm³/mol. The van der Waals surface area contributed by atoms with Crippen molar-refractivity contribution < 1.29 is 4.79 Å². The standard InChI is InChI=1S/C18H17N3OS2/c1-12-7-6-8-13(2)16(12)19-17-20-21-18(24-17)23-11-15(22)14-9-4-3-5-10-14/h3-10H,11H2,1-2H3,(H,19,20). The van der Waals surface area contributed by atoms with Gasteiger partial charge in [-0.15, -0.1) is 10.2 Å². The second-order valence-electron chi connectivity index (χ2n) is 5.34. The highest BCUT2D eigenvalue weighted by atomic mass is 32.2. The summed E-state index contributed by atoms with van der Waals surface area (Å²) in [7, 11) is 0. The Kier molecular flexibility index (Phi) is 5.27. The average molecular weight is 355 g/mol. The lowest BCUT2D eigenvalue weighted by Crippen LogP contribution is -2.01. The second-order valence-corrected chi connectivity index (χ2v) is 7.54. The van der Waals surface area contributed by atoms with E-state index in [-0.39, 0.29) is 5.78 Å². The van der Waals surface area contributed by atoms with Crippen molar-refractivity contribution in [3.8, 4) is 0 Å². The van der Waals surface area contributed by atoms with E-state index in [0.717, 1.165) is 20.7 Å². The number of hydrogen-bond acceptors (Lipinski definition) is 6. The Balaban J connectivity index is 1.63. The molecule has 0 amide bonds. The maximum absolute atomic E-state index is 12.1. The van der Waals surface area contributed by atoms with Gasteiger partial charge in [0, 0.05) is 11.3 Å². The zero-order chi connectivity index (χ0) is 16.9. The summed E-state index contributed by atoms with van der Waals surface area (Å²) in [6.45, 7) is 4.12. The van der Waals surface area contributed by atoms with Crippen molar-refractivity contribution in [1.82, 2.24) is 10.2 Å². The van der Waals surface area contributed by atoms with Gasteiger partial charge in [-0.2, -0.15) is 0 Å². The fourth-order valence-corrected chi connectivity index (χ4v) is 3.92. The molecular weight excluding hydrogens is 338 g/mol. The third-order valence-corrected chi connectivity index (χ3v) is 5.51. The highest BCUT2D eigenvalue weighted by molar-refractivity contribution is 8.01. The Morgan fingerprint density at radius 2 is 1.75 bits per heavy atom. The number of carbonyl (C=O) groups excluding carboxylic acids is 1. The van der Waals surface area contributed by atoms with Crippen molar-refractivity contribution >= 4 is 39.7 Å². The van der Waals surface area contributed by atoms with Gasteiger partial charge in [-0.1, -0.05) is 71.6 Å². The molecule has 2 aromatic carbocycles. The molecule has 0 radical (unpaired) electrons. The number of Topliss-reactive ketones (excluding diaryl/α,β-unsaturated/α-hetero) is 1. The monoisotopic (exact) mass is 355 g/mol. The van der Waals surface area contributed by atoms with E-state index in [1.807, 2.05) is 36.4 Å². The topological polar surface area (TPSA) is 54.9 Å². The number of carbonyl (C=O) groups is 1. The molecule has 122 valence electrons. The molecule has 3 rings (SSSR count). The molecule has 4 nitrogen and oxygen atoms in total. The van der Waals surface area contributed by atoms with E-state index in [4.69, 9.17) is 0 Å². The Labute approximate surface area is 149 Å². The molecule has 0 saturated heterocycles. The molecule has 1 heterocycles. The van der Waals surface area contributed by atoms with Crippen LogP contribution >= 0.6 is 23.1 Å². The van der Waals surface area contributed by atoms with Crippen LogP contribution in [-0.2, 0) is 0 Å². The molecule has 3 aromatic rings. The van der Waals surface area contributed by atoms with Crippen molar-refractivity contribution in [1.29, 1.82) is 0 Å². The van der Waals surface area contributed by atoms with Gasteiger partial charge >= 0.3 is 0 Å². The van der Waals surface area contributed by atoms with Crippen LogP contribution in [-0.4, -0.2) is 21.7 Å². The van der Waals surface area contributed by atoms with E-state index >= 15 is 0 Å². The molecule has 0 atom stereocenters. The number of ketones is 1. The SMILES string of the molecule is Cc1cccc(C)c1Nc1nnc(SCC(=O)c2ccccc2)s1. The first-order valence-electron chi connectivity index (χ1n) is 7.51. The van der Waals surface area contributed by atoms with Gasteiger partial charge in [-0.3, -0.25) is 4.79 Å². The number of thioether (sulfide) groups is 1. The largest absolute Gasteiger partial charge is 0.330 e. The van der Waals surface area contributed by atoms with E-state index in [1.165, 1.54) is 34.2 Å². The summed E-state index contributed by atoms with van der Waals surface area (Å²) in [4.78, 5) is 12.1. The molecule has 0 fully saturated rings. The number of anilines is 2. The van der Waals surface area contributed by atoms with Crippen molar-refractivity contribution in [2.45, 2.75) is 18.2 Å². The maximum Gasteiger partial charge on any atom is 0.210 e. The molecule has 0 aliphatic carbocycles. The lowest BCUT2D eigenvalue weighted by Gasteiger charge is -2.09. The van der Waals surface area contributed by atoms with Crippen molar-refractivity contribution in [3.63, 3.8) is 0 Å². The Morgan fingerprint density at radius 3 is 2.46 bits per heavy atom. The molecule has 1 N–H and O–H groups in total. The normalized spacial score (nSPS) is 10.6. The van der Waals surface area contributed by atoms with Crippen molar-refractivity contribution in [3.05, 3.63) is 65.2 Å². The molecule has 0 unspecified atom stereocenters. The minimum atomic E-state index is 0.0973. The molecule has 6 heteroatoms. The number of rotatable bonds is 6. The first-order chi connectivity index (χ1) is 11.6. The lowest BCUT2D eigenvalue weighted by atomic mass is 10.1. The number of aryl methyl sites for hydroxylation is 2. The predicted octanol–water partition coefficient (Wildman–Crippen LogP) is 4.87. The third-order valence-electron chi connectivity index (χ3n) is 3.54. The molecule has 0 spiro atoms. The molecule has 0 bridgehead atoms. The Hall–Kier alpha value is -2.18. The average Bonchev–Trinajstić information content (AvgIpc) is 3.04. The summed E-state index contributed by atoms with van der Waals surface area (Å²) in [6, 6.07) is 15.5. The quantitative estimate of drug-likeness (QED) is 0.505. The highest BCUT2D eigenvalue weighted by Gasteiger charge is 2.11. The van der Waals surface area contributed by atoms with Gasteiger partial charge in [-0.05, 0) is 25.0 Å². The van der Waals surface area contributed by atoms with Crippen LogP contribution in [0.3, 0.4) is 0 Å². The number of aromatic nitrogens is 2. The van der Waals surface area contributed by atoms with Crippen LogP contribution in [0.5, 0.6) is 0 Å². The summed E-state index contributed by atoms with van der Waals surface area (Å²) >= 11 is 2.88. The van der Waals surface area contributed by atoms with Crippen LogP contribution < -0.4 is 5.32 Å². The molecule has 0 aliphatic heterocycles. The Morgan fingerprint density at radius 1 is 1.04 bits per heavy atom. The molecule has 1 aromatic heterocycles. The maximum atomic E-state index is 12.1. The van der Waals surface area contributed by atoms with Crippen LogP contribution in [0.2, 0.25) is 0 Å². The van der Waals surface area contributed by atoms with Gasteiger partial charge in [0.2, 0.25) is 5.13 Å². The van der Waals surface area contributed by atoms with E-state index in [0.29, 0.717) is 5.75 Å². The summed E-state index contributed by atoms with van der Waals surface area (Å²) in [5.74, 6) is 0.460. The van der Waals surface area contributed by atoms with Crippen LogP contribution in [0.4, 0.5) is 10.8 Å². The van der Waals surface area contributed by atoms with Gasteiger partial charge < -0.3 is 5.32 Å². The van der Waals surface area contributed by atoms with Gasteiger partial charge in [-0.25, -0.2) is 0 Å². The van der Waals surface area contributed by atoms with Crippen molar-refractivity contribution in [2.24, 2.45) is 0 Å². The number of hydrogen-bond donors (Lipinski definition) is 1. The summed E-state index contributed by atoms with van der Waals surface area (Å²) in [5.41, 5.74) is 4.12. The second kappa shape index (κ2) is 7.59. The minimum absolute atomic E-state index is 0.0973.